The van der Waals surface area contributed by atoms with Gasteiger partial charge in [-0.1, -0.05) is 18.2 Å². The predicted molar refractivity (Wildman–Crippen MR) is 131 cm³/mol. The number of piperazine rings is 1. The van der Waals surface area contributed by atoms with Crippen molar-refractivity contribution >= 4 is 41.7 Å². The SMILES string of the molecule is CC(C)(C)OC(=O)N1CCN2C(NCC3CCN(c4ccccc4)C3)=NCC2C1.I. The van der Waals surface area contributed by atoms with Crippen molar-refractivity contribution in [2.24, 2.45) is 10.9 Å². The molecule has 1 N–H and O–H groups in total. The molecule has 1 aromatic carbocycles. The molecule has 30 heavy (non-hydrogen) atoms. The number of rotatable bonds is 3. The first-order valence-corrected chi connectivity index (χ1v) is 10.7. The summed E-state index contributed by atoms with van der Waals surface area (Å²) in [7, 11) is 0. The van der Waals surface area contributed by atoms with Crippen LogP contribution in [0.4, 0.5) is 10.5 Å². The number of guanidine groups is 1. The molecule has 0 spiro atoms. The van der Waals surface area contributed by atoms with E-state index in [9.17, 15) is 4.79 Å². The van der Waals surface area contributed by atoms with Gasteiger partial charge in [-0.25, -0.2) is 4.79 Å². The van der Waals surface area contributed by atoms with Gasteiger partial charge in [0, 0.05) is 45.0 Å². The smallest absolute Gasteiger partial charge is 0.410 e. The molecule has 4 rings (SSSR count). The molecule has 7 nitrogen and oxygen atoms in total. The number of amides is 1. The second kappa shape index (κ2) is 9.62. The molecule has 3 aliphatic rings. The molecule has 2 fully saturated rings. The quantitative estimate of drug-likeness (QED) is 0.613. The Bertz CT molecular complexity index is 752. The van der Waals surface area contributed by atoms with Gasteiger partial charge in [-0.05, 0) is 45.2 Å². The van der Waals surface area contributed by atoms with E-state index in [2.05, 4.69) is 45.4 Å². The van der Waals surface area contributed by atoms with Gasteiger partial charge in [0.15, 0.2) is 5.96 Å². The van der Waals surface area contributed by atoms with Gasteiger partial charge >= 0.3 is 6.09 Å². The number of nitrogens with one attached hydrogen (secondary N) is 1. The Hall–Kier alpha value is -1.71. The van der Waals surface area contributed by atoms with Crippen molar-refractivity contribution in [1.29, 1.82) is 0 Å². The molecule has 0 saturated carbocycles. The van der Waals surface area contributed by atoms with Crippen LogP contribution in [-0.4, -0.2) is 79.3 Å². The lowest BCUT2D eigenvalue weighted by molar-refractivity contribution is 0.0137. The Balaban J connectivity index is 0.00000256. The van der Waals surface area contributed by atoms with Crippen LogP contribution in [0.3, 0.4) is 0 Å². The van der Waals surface area contributed by atoms with E-state index in [4.69, 9.17) is 9.73 Å². The minimum Gasteiger partial charge on any atom is -0.444 e. The molecule has 2 saturated heterocycles. The lowest BCUT2D eigenvalue weighted by Gasteiger charge is -2.39. The standard InChI is InChI=1S/C22H33N5O2.HI/c1-22(2,3)29-21(28)26-11-12-27-19(16-26)14-24-20(27)23-13-17-9-10-25(15-17)18-7-5-4-6-8-18;/h4-8,17,19H,9-16H2,1-3H3,(H,23,24);1H. The van der Waals surface area contributed by atoms with E-state index in [-0.39, 0.29) is 36.1 Å². The number of hydrogen-bond acceptors (Lipinski definition) is 6. The summed E-state index contributed by atoms with van der Waals surface area (Å²) in [6.07, 6.45) is 0.982. The number of para-hydroxylation sites is 1. The number of hydrogen-bond donors (Lipinski definition) is 1. The first-order chi connectivity index (χ1) is 13.9. The van der Waals surface area contributed by atoms with Gasteiger partial charge in [0.25, 0.3) is 0 Å². The highest BCUT2D eigenvalue weighted by Crippen LogP contribution is 2.24. The first-order valence-electron chi connectivity index (χ1n) is 10.7. The molecule has 0 aromatic heterocycles. The summed E-state index contributed by atoms with van der Waals surface area (Å²) in [5.41, 5.74) is 0.855. The number of benzene rings is 1. The van der Waals surface area contributed by atoms with Crippen molar-refractivity contribution in [3.05, 3.63) is 30.3 Å². The van der Waals surface area contributed by atoms with E-state index in [1.54, 1.807) is 0 Å². The van der Waals surface area contributed by atoms with Gasteiger partial charge in [0.1, 0.15) is 5.60 Å². The maximum atomic E-state index is 12.4. The number of carbonyl (C=O) groups is 1. The molecular formula is C22H34IN5O2. The number of anilines is 1. The van der Waals surface area contributed by atoms with Crippen molar-refractivity contribution in [2.45, 2.75) is 38.8 Å². The Morgan fingerprint density at radius 2 is 1.93 bits per heavy atom. The van der Waals surface area contributed by atoms with E-state index in [0.29, 0.717) is 19.0 Å². The van der Waals surface area contributed by atoms with Crippen LogP contribution in [0.15, 0.2) is 35.3 Å². The third kappa shape index (κ3) is 5.50. The zero-order chi connectivity index (χ0) is 20.4. The summed E-state index contributed by atoms with van der Waals surface area (Å²) < 4.78 is 5.52. The Labute approximate surface area is 196 Å². The molecule has 166 valence electrons. The summed E-state index contributed by atoms with van der Waals surface area (Å²) in [4.78, 5) is 23.7. The van der Waals surface area contributed by atoms with E-state index in [1.807, 2.05) is 25.7 Å². The summed E-state index contributed by atoms with van der Waals surface area (Å²) in [6, 6.07) is 10.9. The van der Waals surface area contributed by atoms with Crippen LogP contribution < -0.4 is 10.2 Å². The van der Waals surface area contributed by atoms with E-state index in [0.717, 1.165) is 38.7 Å². The van der Waals surface area contributed by atoms with Crippen LogP contribution in [0.2, 0.25) is 0 Å². The molecular weight excluding hydrogens is 493 g/mol. The largest absolute Gasteiger partial charge is 0.444 e. The van der Waals surface area contributed by atoms with Gasteiger partial charge < -0.3 is 24.8 Å². The highest BCUT2D eigenvalue weighted by molar-refractivity contribution is 14.0. The Morgan fingerprint density at radius 1 is 1.17 bits per heavy atom. The van der Waals surface area contributed by atoms with Crippen LogP contribution in [0.5, 0.6) is 0 Å². The maximum absolute atomic E-state index is 12.4. The van der Waals surface area contributed by atoms with Gasteiger partial charge in [0.05, 0.1) is 12.6 Å². The fourth-order valence-corrected chi connectivity index (χ4v) is 4.33. The van der Waals surface area contributed by atoms with E-state index >= 15 is 0 Å². The summed E-state index contributed by atoms with van der Waals surface area (Å²) in [5, 5.41) is 3.59. The highest BCUT2D eigenvalue weighted by Gasteiger charge is 2.36. The molecule has 0 radical (unpaired) electrons. The Kier molecular flexibility index (Phi) is 7.36. The van der Waals surface area contributed by atoms with Crippen LogP contribution in [0.1, 0.15) is 27.2 Å². The van der Waals surface area contributed by atoms with E-state index in [1.165, 1.54) is 12.1 Å². The van der Waals surface area contributed by atoms with Gasteiger partial charge in [-0.15, -0.1) is 24.0 Å². The van der Waals surface area contributed by atoms with Gasteiger partial charge in [0.2, 0.25) is 0 Å². The van der Waals surface area contributed by atoms with Crippen molar-refractivity contribution in [3.63, 3.8) is 0 Å². The molecule has 3 aliphatic heterocycles. The number of nitrogens with zero attached hydrogens (tertiary/aromatic N) is 4. The summed E-state index contributed by atoms with van der Waals surface area (Å²) in [6.45, 7) is 11.8. The molecule has 8 heteroatoms. The molecule has 3 heterocycles. The number of halogens is 1. The molecule has 2 atom stereocenters. The highest BCUT2D eigenvalue weighted by atomic mass is 127. The van der Waals surface area contributed by atoms with E-state index < -0.39 is 5.60 Å². The van der Waals surface area contributed by atoms with Crippen molar-refractivity contribution in [1.82, 2.24) is 15.1 Å². The lowest BCUT2D eigenvalue weighted by atomic mass is 10.1. The number of aliphatic imine (C=N–C) groups is 1. The summed E-state index contributed by atoms with van der Waals surface area (Å²) >= 11 is 0. The zero-order valence-electron chi connectivity index (χ0n) is 18.2. The lowest BCUT2D eigenvalue weighted by Crippen LogP contribution is -2.57. The third-order valence-electron chi connectivity index (χ3n) is 5.81. The minimum absolute atomic E-state index is 0. The van der Waals surface area contributed by atoms with Crippen LogP contribution in [0.25, 0.3) is 0 Å². The summed E-state index contributed by atoms with van der Waals surface area (Å²) in [5.74, 6) is 1.62. The second-order valence-electron chi connectivity index (χ2n) is 9.26. The Morgan fingerprint density at radius 3 is 2.67 bits per heavy atom. The predicted octanol–water partition coefficient (Wildman–Crippen LogP) is 3.01. The van der Waals surface area contributed by atoms with Crippen molar-refractivity contribution < 1.29 is 9.53 Å². The topological polar surface area (TPSA) is 60.4 Å². The molecule has 2 unspecified atom stereocenters. The monoisotopic (exact) mass is 527 g/mol. The van der Waals surface area contributed by atoms with Crippen LogP contribution >= 0.6 is 24.0 Å². The number of ether oxygens (including phenoxy) is 1. The first kappa shape index (κ1) is 23.0. The fraction of sp³-hybridized carbons (Fsp3) is 0.636. The molecule has 1 amide bonds. The third-order valence-corrected chi connectivity index (χ3v) is 5.81. The van der Waals surface area contributed by atoms with Crippen molar-refractivity contribution in [2.75, 3.05) is 50.7 Å². The minimum atomic E-state index is -0.456. The number of carbonyl (C=O) groups excluding carboxylic acids is 1. The van der Waals surface area contributed by atoms with Crippen LogP contribution in [-0.2, 0) is 4.74 Å². The van der Waals surface area contributed by atoms with Gasteiger partial charge in [-0.2, -0.15) is 0 Å². The van der Waals surface area contributed by atoms with Crippen molar-refractivity contribution in [3.8, 4) is 0 Å². The average molecular weight is 527 g/mol. The maximum Gasteiger partial charge on any atom is 0.410 e. The normalized spacial score (nSPS) is 23.6. The van der Waals surface area contributed by atoms with Crippen LogP contribution in [0, 0.1) is 5.92 Å². The fourth-order valence-electron chi connectivity index (χ4n) is 4.33. The van der Waals surface area contributed by atoms with Gasteiger partial charge in [-0.3, -0.25) is 4.99 Å². The number of fused-ring (bicyclic) bond motifs is 1. The second-order valence-corrected chi connectivity index (χ2v) is 9.26. The molecule has 0 bridgehead atoms. The average Bonchev–Trinajstić information content (AvgIpc) is 3.32. The molecule has 1 aromatic rings. The zero-order valence-corrected chi connectivity index (χ0v) is 20.5. The molecule has 0 aliphatic carbocycles.